The Bertz CT molecular complexity index is 404. The van der Waals surface area contributed by atoms with Crippen LogP contribution in [0.1, 0.15) is 18.9 Å². The molecule has 0 aliphatic carbocycles. The number of carbonyl (C=O) groups is 1. The minimum absolute atomic E-state index is 0.148. The van der Waals surface area contributed by atoms with Gasteiger partial charge in [0.25, 0.3) is 0 Å². The van der Waals surface area contributed by atoms with E-state index in [1.807, 2.05) is 6.92 Å². The molecule has 0 unspecified atom stereocenters. The van der Waals surface area contributed by atoms with Gasteiger partial charge >= 0.3 is 6.01 Å². The standard InChI is InChI=1S/C13H19N3O3/c1-3-19-13-15-9-11(10-16-13)5-6-12(17)14-7-4-8-18-2/h5-6,9-10H,3-4,7-8H2,1-2H3,(H,14,17)/b6-5+. The van der Waals surface area contributed by atoms with Crippen LogP contribution in [0.25, 0.3) is 6.08 Å². The van der Waals surface area contributed by atoms with E-state index >= 15 is 0 Å². The number of amides is 1. The Morgan fingerprint density at radius 1 is 1.42 bits per heavy atom. The first-order valence-electron chi connectivity index (χ1n) is 6.16. The summed E-state index contributed by atoms with van der Waals surface area (Å²) >= 11 is 0. The second kappa shape index (κ2) is 9.04. The SMILES string of the molecule is CCOc1ncc(/C=C/C(=O)NCCCOC)cn1. The average molecular weight is 265 g/mol. The fraction of sp³-hybridized carbons (Fsp3) is 0.462. The van der Waals surface area contributed by atoms with E-state index in [-0.39, 0.29) is 5.91 Å². The van der Waals surface area contributed by atoms with Crippen molar-refractivity contribution in [2.24, 2.45) is 0 Å². The molecule has 104 valence electrons. The molecule has 1 amide bonds. The fourth-order valence-corrected chi connectivity index (χ4v) is 1.27. The minimum Gasteiger partial charge on any atom is -0.464 e. The number of carbonyl (C=O) groups excluding carboxylic acids is 1. The third-order valence-corrected chi connectivity index (χ3v) is 2.17. The maximum absolute atomic E-state index is 11.4. The maximum Gasteiger partial charge on any atom is 0.316 e. The van der Waals surface area contributed by atoms with E-state index in [4.69, 9.17) is 9.47 Å². The van der Waals surface area contributed by atoms with Crippen molar-refractivity contribution in [3.05, 3.63) is 24.0 Å². The average Bonchev–Trinajstić information content (AvgIpc) is 2.43. The maximum atomic E-state index is 11.4. The molecule has 6 nitrogen and oxygen atoms in total. The van der Waals surface area contributed by atoms with Crippen molar-refractivity contribution in [1.29, 1.82) is 0 Å². The summed E-state index contributed by atoms with van der Waals surface area (Å²) < 4.78 is 10.0. The Hall–Kier alpha value is -1.95. The van der Waals surface area contributed by atoms with Crippen LogP contribution in [0.2, 0.25) is 0 Å². The summed E-state index contributed by atoms with van der Waals surface area (Å²) in [7, 11) is 1.63. The topological polar surface area (TPSA) is 73.3 Å². The van der Waals surface area contributed by atoms with Gasteiger partial charge in [0, 0.05) is 44.3 Å². The lowest BCUT2D eigenvalue weighted by molar-refractivity contribution is -0.116. The molecule has 1 rings (SSSR count). The molecule has 0 spiro atoms. The van der Waals surface area contributed by atoms with E-state index in [0.717, 1.165) is 12.0 Å². The van der Waals surface area contributed by atoms with Gasteiger partial charge in [0.1, 0.15) is 0 Å². The van der Waals surface area contributed by atoms with Crippen molar-refractivity contribution in [1.82, 2.24) is 15.3 Å². The van der Waals surface area contributed by atoms with Crippen molar-refractivity contribution in [3.8, 4) is 6.01 Å². The molecule has 0 bridgehead atoms. The molecule has 0 saturated carbocycles. The van der Waals surface area contributed by atoms with Crippen molar-refractivity contribution in [2.45, 2.75) is 13.3 Å². The number of aromatic nitrogens is 2. The van der Waals surface area contributed by atoms with Gasteiger partial charge in [0.05, 0.1) is 6.61 Å². The molecular weight excluding hydrogens is 246 g/mol. The number of hydrogen-bond donors (Lipinski definition) is 1. The van der Waals surface area contributed by atoms with Crippen LogP contribution in [0.15, 0.2) is 18.5 Å². The molecule has 6 heteroatoms. The summed E-state index contributed by atoms with van der Waals surface area (Å²) in [6.45, 7) is 3.62. The predicted octanol–water partition coefficient (Wildman–Crippen LogP) is 1.04. The molecule has 0 saturated heterocycles. The lowest BCUT2D eigenvalue weighted by Gasteiger charge is -2.01. The van der Waals surface area contributed by atoms with Crippen LogP contribution in [0.5, 0.6) is 6.01 Å². The molecule has 0 aliphatic heterocycles. The Balaban J connectivity index is 2.36. The first-order valence-corrected chi connectivity index (χ1v) is 6.16. The molecule has 1 aromatic rings. The van der Waals surface area contributed by atoms with Gasteiger partial charge in [-0.3, -0.25) is 4.79 Å². The van der Waals surface area contributed by atoms with E-state index < -0.39 is 0 Å². The summed E-state index contributed by atoms with van der Waals surface area (Å²) in [4.78, 5) is 19.4. The highest BCUT2D eigenvalue weighted by molar-refractivity contribution is 5.91. The molecule has 0 atom stereocenters. The van der Waals surface area contributed by atoms with Gasteiger partial charge in [-0.25, -0.2) is 9.97 Å². The number of nitrogens with zero attached hydrogens (tertiary/aromatic N) is 2. The number of methoxy groups -OCH3 is 1. The zero-order chi connectivity index (χ0) is 13.9. The third-order valence-electron chi connectivity index (χ3n) is 2.17. The quantitative estimate of drug-likeness (QED) is 0.561. The zero-order valence-electron chi connectivity index (χ0n) is 11.3. The van der Waals surface area contributed by atoms with E-state index in [9.17, 15) is 4.79 Å². The van der Waals surface area contributed by atoms with Gasteiger partial charge in [-0.2, -0.15) is 0 Å². The van der Waals surface area contributed by atoms with Crippen LogP contribution in [-0.2, 0) is 9.53 Å². The van der Waals surface area contributed by atoms with Crippen LogP contribution < -0.4 is 10.1 Å². The fourth-order valence-electron chi connectivity index (χ4n) is 1.27. The highest BCUT2D eigenvalue weighted by atomic mass is 16.5. The second-order valence-corrected chi connectivity index (χ2v) is 3.70. The second-order valence-electron chi connectivity index (χ2n) is 3.70. The van der Waals surface area contributed by atoms with Crippen LogP contribution in [0.4, 0.5) is 0 Å². The van der Waals surface area contributed by atoms with Crippen LogP contribution in [0, 0.1) is 0 Å². The number of ether oxygens (including phenoxy) is 2. The summed E-state index contributed by atoms with van der Waals surface area (Å²) in [5, 5.41) is 2.75. The van der Waals surface area contributed by atoms with Crippen LogP contribution in [0.3, 0.4) is 0 Å². The van der Waals surface area contributed by atoms with Gasteiger partial charge < -0.3 is 14.8 Å². The highest BCUT2D eigenvalue weighted by Crippen LogP contribution is 2.03. The van der Waals surface area contributed by atoms with E-state index in [1.54, 1.807) is 25.6 Å². The Morgan fingerprint density at radius 3 is 2.79 bits per heavy atom. The number of hydrogen-bond acceptors (Lipinski definition) is 5. The van der Waals surface area contributed by atoms with Crippen molar-refractivity contribution < 1.29 is 14.3 Å². The molecule has 0 fully saturated rings. The Labute approximate surface area is 112 Å². The lowest BCUT2D eigenvalue weighted by atomic mass is 10.3. The molecule has 0 aliphatic rings. The van der Waals surface area contributed by atoms with Gasteiger partial charge in [0.2, 0.25) is 5.91 Å². The van der Waals surface area contributed by atoms with Crippen LogP contribution >= 0.6 is 0 Å². The molecule has 1 heterocycles. The monoisotopic (exact) mass is 265 g/mol. The first kappa shape index (κ1) is 15.1. The van der Waals surface area contributed by atoms with Crippen LogP contribution in [-0.4, -0.2) is 42.7 Å². The van der Waals surface area contributed by atoms with Gasteiger partial charge in [-0.1, -0.05) is 0 Å². The summed E-state index contributed by atoms with van der Waals surface area (Å²) in [6.07, 6.45) is 7.11. The first-order chi connectivity index (χ1) is 9.26. The summed E-state index contributed by atoms with van der Waals surface area (Å²) in [5.41, 5.74) is 0.746. The van der Waals surface area contributed by atoms with E-state index in [2.05, 4.69) is 15.3 Å². The summed E-state index contributed by atoms with van der Waals surface area (Å²) in [5.74, 6) is -0.148. The minimum atomic E-state index is -0.148. The Kier molecular flexibility index (Phi) is 7.19. The lowest BCUT2D eigenvalue weighted by Crippen LogP contribution is -2.22. The number of rotatable bonds is 8. The van der Waals surface area contributed by atoms with Gasteiger partial charge in [-0.05, 0) is 19.4 Å². The highest BCUT2D eigenvalue weighted by Gasteiger charge is 1.97. The van der Waals surface area contributed by atoms with E-state index in [1.165, 1.54) is 6.08 Å². The van der Waals surface area contributed by atoms with Gasteiger partial charge in [0.15, 0.2) is 0 Å². The largest absolute Gasteiger partial charge is 0.464 e. The number of nitrogens with one attached hydrogen (secondary N) is 1. The molecular formula is C13H19N3O3. The smallest absolute Gasteiger partial charge is 0.316 e. The van der Waals surface area contributed by atoms with Crippen molar-refractivity contribution in [2.75, 3.05) is 26.9 Å². The molecule has 0 aromatic carbocycles. The zero-order valence-corrected chi connectivity index (χ0v) is 11.3. The molecule has 1 aromatic heterocycles. The van der Waals surface area contributed by atoms with Crippen molar-refractivity contribution >= 4 is 12.0 Å². The third kappa shape index (κ3) is 6.52. The normalized spacial score (nSPS) is 10.6. The van der Waals surface area contributed by atoms with Gasteiger partial charge in [-0.15, -0.1) is 0 Å². The molecule has 19 heavy (non-hydrogen) atoms. The summed E-state index contributed by atoms with van der Waals surface area (Å²) in [6, 6.07) is 0.337. The van der Waals surface area contributed by atoms with Crippen molar-refractivity contribution in [3.63, 3.8) is 0 Å². The Morgan fingerprint density at radius 2 is 2.16 bits per heavy atom. The van der Waals surface area contributed by atoms with E-state index in [0.29, 0.717) is 25.8 Å². The predicted molar refractivity (Wildman–Crippen MR) is 71.7 cm³/mol. The molecule has 1 N–H and O–H groups in total. The molecule has 0 radical (unpaired) electrons.